The van der Waals surface area contributed by atoms with Gasteiger partial charge in [-0.25, -0.2) is 4.79 Å². The average molecular weight is 438 g/mol. The molecule has 0 spiro atoms. The molecule has 2 N–H and O–H groups in total. The van der Waals surface area contributed by atoms with Crippen LogP contribution in [0.25, 0.3) is 21.9 Å². The van der Waals surface area contributed by atoms with E-state index in [2.05, 4.69) is 0 Å². The number of aromatic carboxylic acids is 1. The van der Waals surface area contributed by atoms with E-state index in [1.807, 2.05) is 24.3 Å². The van der Waals surface area contributed by atoms with Gasteiger partial charge in [-0.2, -0.15) is 0 Å². The lowest BCUT2D eigenvalue weighted by Gasteiger charge is -2.33. The second kappa shape index (κ2) is 9.56. The van der Waals surface area contributed by atoms with Crippen molar-refractivity contribution < 1.29 is 33.6 Å². The first kappa shape index (κ1) is 22.1. The molecule has 7 nitrogen and oxygen atoms in total. The fourth-order valence-corrected chi connectivity index (χ4v) is 4.17. The Balaban J connectivity index is 1.62. The van der Waals surface area contributed by atoms with Gasteiger partial charge in [0.05, 0.1) is 30.3 Å². The van der Waals surface area contributed by atoms with Crippen LogP contribution >= 0.6 is 0 Å². The van der Waals surface area contributed by atoms with Crippen LogP contribution in [0.5, 0.6) is 5.75 Å². The van der Waals surface area contributed by atoms with E-state index in [0.29, 0.717) is 47.6 Å². The summed E-state index contributed by atoms with van der Waals surface area (Å²) in [5, 5.41) is 21.1. The SMILES string of the molecule is COC1(C=CCOc2ccc3c(-c4ccoc4)c(CO)c(C(=O)O)cc3c2)CCOCC1. The van der Waals surface area contributed by atoms with Gasteiger partial charge in [-0.1, -0.05) is 12.1 Å². The van der Waals surface area contributed by atoms with Crippen molar-refractivity contribution in [2.45, 2.75) is 25.0 Å². The molecule has 1 aliphatic rings. The summed E-state index contributed by atoms with van der Waals surface area (Å²) in [6.07, 6.45) is 8.63. The Kier molecular flexibility index (Phi) is 6.60. The van der Waals surface area contributed by atoms with Gasteiger partial charge in [-0.15, -0.1) is 0 Å². The van der Waals surface area contributed by atoms with Crippen molar-refractivity contribution in [2.75, 3.05) is 26.9 Å². The van der Waals surface area contributed by atoms with E-state index in [9.17, 15) is 15.0 Å². The summed E-state index contributed by atoms with van der Waals surface area (Å²) < 4.78 is 22.2. The van der Waals surface area contributed by atoms with Crippen LogP contribution < -0.4 is 4.74 Å². The molecule has 0 atom stereocenters. The lowest BCUT2D eigenvalue weighted by atomic mass is 9.91. The minimum absolute atomic E-state index is 0.0507. The summed E-state index contributed by atoms with van der Waals surface area (Å²) in [5.41, 5.74) is 1.44. The van der Waals surface area contributed by atoms with E-state index in [-0.39, 0.29) is 11.2 Å². The maximum Gasteiger partial charge on any atom is 0.336 e. The number of carboxylic acids is 1. The first-order valence-electron chi connectivity index (χ1n) is 10.5. The first-order valence-corrected chi connectivity index (χ1v) is 10.5. The zero-order chi connectivity index (χ0) is 22.6. The summed E-state index contributed by atoms with van der Waals surface area (Å²) in [7, 11) is 1.71. The number of fused-ring (bicyclic) bond motifs is 1. The van der Waals surface area contributed by atoms with Crippen molar-refractivity contribution in [3.63, 3.8) is 0 Å². The molecule has 0 aliphatic carbocycles. The van der Waals surface area contributed by atoms with Crippen LogP contribution in [0.2, 0.25) is 0 Å². The number of hydrogen-bond acceptors (Lipinski definition) is 6. The molecular formula is C25H26O7. The second-order valence-electron chi connectivity index (χ2n) is 7.73. The third kappa shape index (κ3) is 4.41. The van der Waals surface area contributed by atoms with Crippen molar-refractivity contribution in [3.8, 4) is 16.9 Å². The molecule has 2 aromatic carbocycles. The standard InChI is InChI=1S/C25H26O7/c1-29-25(7-11-30-12-8-25)6-2-9-32-19-3-4-20-18(13-19)14-21(24(27)28)22(15-26)23(20)17-5-10-31-16-17/h2-6,10,13-14,16,26H,7-9,11-12,15H2,1H3,(H,27,28). The monoisotopic (exact) mass is 438 g/mol. The molecular weight excluding hydrogens is 412 g/mol. The summed E-state index contributed by atoms with van der Waals surface area (Å²) in [5.74, 6) is -0.483. The Bertz CT molecular complexity index is 1110. The van der Waals surface area contributed by atoms with E-state index in [1.165, 1.54) is 12.5 Å². The van der Waals surface area contributed by atoms with E-state index >= 15 is 0 Å². The number of methoxy groups -OCH3 is 1. The number of furan rings is 1. The molecule has 1 aliphatic heterocycles. The molecule has 0 amide bonds. The smallest absolute Gasteiger partial charge is 0.336 e. The van der Waals surface area contributed by atoms with Crippen LogP contribution in [-0.4, -0.2) is 48.7 Å². The third-order valence-electron chi connectivity index (χ3n) is 5.93. The fourth-order valence-electron chi connectivity index (χ4n) is 4.17. The molecule has 0 bridgehead atoms. The number of carboxylic acid groups (broad SMARTS) is 1. The van der Waals surface area contributed by atoms with Gasteiger partial charge in [0, 0.05) is 44.3 Å². The highest BCUT2D eigenvalue weighted by atomic mass is 16.5. The van der Waals surface area contributed by atoms with Crippen molar-refractivity contribution in [1.29, 1.82) is 0 Å². The maximum atomic E-state index is 11.9. The van der Waals surface area contributed by atoms with Crippen molar-refractivity contribution in [3.05, 3.63) is 66.1 Å². The molecule has 3 aromatic rings. The highest BCUT2D eigenvalue weighted by Crippen LogP contribution is 2.37. The van der Waals surface area contributed by atoms with Gasteiger partial charge in [-0.3, -0.25) is 0 Å². The van der Waals surface area contributed by atoms with Crippen LogP contribution in [0.1, 0.15) is 28.8 Å². The van der Waals surface area contributed by atoms with Crippen molar-refractivity contribution in [2.24, 2.45) is 0 Å². The van der Waals surface area contributed by atoms with Gasteiger partial charge in [0.1, 0.15) is 12.4 Å². The number of aliphatic hydroxyl groups is 1. The van der Waals surface area contributed by atoms with Crippen LogP contribution in [0.3, 0.4) is 0 Å². The highest BCUT2D eigenvalue weighted by Gasteiger charge is 2.29. The summed E-state index contributed by atoms with van der Waals surface area (Å²) in [6, 6.07) is 8.83. The minimum atomic E-state index is -1.10. The number of ether oxygens (including phenoxy) is 3. The molecule has 32 heavy (non-hydrogen) atoms. The Morgan fingerprint density at radius 2 is 2.03 bits per heavy atom. The summed E-state index contributed by atoms with van der Waals surface area (Å²) in [4.78, 5) is 11.9. The topological polar surface area (TPSA) is 98.4 Å². The zero-order valence-corrected chi connectivity index (χ0v) is 17.9. The van der Waals surface area contributed by atoms with Crippen LogP contribution in [0.15, 0.2) is 59.4 Å². The quantitative estimate of drug-likeness (QED) is 0.502. The van der Waals surface area contributed by atoms with Crippen LogP contribution in [0.4, 0.5) is 0 Å². The second-order valence-corrected chi connectivity index (χ2v) is 7.73. The van der Waals surface area contributed by atoms with Gasteiger partial charge < -0.3 is 28.8 Å². The molecule has 4 rings (SSSR count). The van der Waals surface area contributed by atoms with Gasteiger partial charge in [0.15, 0.2) is 0 Å². The number of hydrogen-bond donors (Lipinski definition) is 2. The fraction of sp³-hybridized carbons (Fsp3) is 0.320. The Labute approximate surface area is 185 Å². The summed E-state index contributed by atoms with van der Waals surface area (Å²) >= 11 is 0. The molecule has 1 fully saturated rings. The van der Waals surface area contributed by atoms with Crippen LogP contribution in [-0.2, 0) is 16.1 Å². The molecule has 0 saturated carbocycles. The predicted molar refractivity (Wildman–Crippen MR) is 119 cm³/mol. The lowest BCUT2D eigenvalue weighted by molar-refractivity contribution is -0.0588. The number of rotatable bonds is 8. The van der Waals surface area contributed by atoms with E-state index in [4.69, 9.17) is 18.6 Å². The third-order valence-corrected chi connectivity index (χ3v) is 5.93. The lowest BCUT2D eigenvalue weighted by Crippen LogP contribution is -2.36. The first-order chi connectivity index (χ1) is 15.6. The Morgan fingerprint density at radius 1 is 1.22 bits per heavy atom. The van der Waals surface area contributed by atoms with Crippen LogP contribution in [0, 0.1) is 0 Å². The normalized spacial score (nSPS) is 15.9. The highest BCUT2D eigenvalue weighted by molar-refractivity contribution is 6.05. The molecule has 7 heteroatoms. The Hall–Kier alpha value is -3.13. The molecule has 1 saturated heterocycles. The molecule has 168 valence electrons. The number of aliphatic hydroxyl groups excluding tert-OH is 1. The van der Waals surface area contributed by atoms with Gasteiger partial charge in [0.25, 0.3) is 0 Å². The molecule has 1 aromatic heterocycles. The maximum absolute atomic E-state index is 11.9. The van der Waals surface area contributed by atoms with Gasteiger partial charge in [0.2, 0.25) is 0 Å². The molecule has 2 heterocycles. The van der Waals surface area contributed by atoms with E-state index in [0.717, 1.165) is 18.2 Å². The average Bonchev–Trinajstić information content (AvgIpc) is 3.35. The number of benzene rings is 2. The summed E-state index contributed by atoms with van der Waals surface area (Å²) in [6.45, 7) is 1.30. The van der Waals surface area contributed by atoms with Crippen molar-refractivity contribution in [1.82, 2.24) is 0 Å². The van der Waals surface area contributed by atoms with Gasteiger partial charge >= 0.3 is 5.97 Å². The minimum Gasteiger partial charge on any atom is -0.490 e. The largest absolute Gasteiger partial charge is 0.490 e. The molecule has 0 radical (unpaired) electrons. The van der Waals surface area contributed by atoms with Gasteiger partial charge in [-0.05, 0) is 46.7 Å². The molecule has 0 unspecified atom stereocenters. The van der Waals surface area contributed by atoms with E-state index in [1.54, 1.807) is 25.3 Å². The number of carbonyl (C=O) groups is 1. The Morgan fingerprint density at radius 3 is 2.69 bits per heavy atom. The van der Waals surface area contributed by atoms with Crippen molar-refractivity contribution >= 4 is 16.7 Å². The predicted octanol–water partition coefficient (Wildman–Crippen LogP) is 4.42. The van der Waals surface area contributed by atoms with E-state index < -0.39 is 12.6 Å². The zero-order valence-electron chi connectivity index (χ0n) is 17.9.